The fraction of sp³-hybridized carbons (Fsp3) is 0.133. The van der Waals surface area contributed by atoms with Crippen LogP contribution >= 0.6 is 0 Å². The van der Waals surface area contributed by atoms with Crippen LogP contribution in [0.25, 0.3) is 0 Å². The van der Waals surface area contributed by atoms with Crippen molar-refractivity contribution in [2.75, 3.05) is 0 Å². The predicted molar refractivity (Wildman–Crippen MR) is 76.8 cm³/mol. The maximum Gasteiger partial charge on any atom is 0.275 e. The molecular formula is C15H15N3O2. The maximum atomic E-state index is 12.0. The number of amides is 1. The van der Waals surface area contributed by atoms with Crippen LogP contribution in [0.2, 0.25) is 0 Å². The third kappa shape index (κ3) is 3.00. The molecule has 1 aromatic heterocycles. The first-order valence-electron chi connectivity index (χ1n) is 6.13. The molecule has 0 unspecified atom stereocenters. The van der Waals surface area contributed by atoms with Crippen LogP contribution in [0.4, 0.5) is 0 Å². The Labute approximate surface area is 117 Å². The number of aryl methyl sites for hydroxylation is 1. The Morgan fingerprint density at radius 2 is 1.95 bits per heavy atom. The topological polar surface area (TPSA) is 74.6 Å². The molecular weight excluding hydrogens is 254 g/mol. The second kappa shape index (κ2) is 5.97. The van der Waals surface area contributed by atoms with Crippen molar-refractivity contribution in [2.24, 2.45) is 5.10 Å². The molecule has 0 spiro atoms. The minimum atomic E-state index is -0.445. The van der Waals surface area contributed by atoms with E-state index in [1.165, 1.54) is 0 Å². The van der Waals surface area contributed by atoms with Crippen molar-refractivity contribution in [3.63, 3.8) is 0 Å². The fourth-order valence-corrected chi connectivity index (χ4v) is 1.69. The third-order valence-corrected chi connectivity index (χ3v) is 2.91. The first-order chi connectivity index (χ1) is 9.59. The Hall–Kier alpha value is -2.69. The first-order valence-corrected chi connectivity index (χ1v) is 6.13. The molecule has 0 radical (unpaired) electrons. The van der Waals surface area contributed by atoms with E-state index in [0.29, 0.717) is 11.3 Å². The first kappa shape index (κ1) is 13.7. The zero-order chi connectivity index (χ0) is 14.5. The Morgan fingerprint density at radius 1 is 1.25 bits per heavy atom. The number of phenols is 1. The number of para-hydroxylation sites is 1. The van der Waals surface area contributed by atoms with Gasteiger partial charge in [0.05, 0.1) is 11.3 Å². The fourth-order valence-electron chi connectivity index (χ4n) is 1.69. The number of carbonyl (C=O) groups excluding carboxylic acids is 1. The van der Waals surface area contributed by atoms with Gasteiger partial charge >= 0.3 is 0 Å². The number of aromatic nitrogens is 1. The molecule has 0 aliphatic carbocycles. The van der Waals surface area contributed by atoms with E-state index in [2.05, 4.69) is 15.5 Å². The summed E-state index contributed by atoms with van der Waals surface area (Å²) >= 11 is 0. The number of benzene rings is 1. The molecule has 1 aromatic carbocycles. The van der Waals surface area contributed by atoms with Gasteiger partial charge in [-0.05, 0) is 37.6 Å². The summed E-state index contributed by atoms with van der Waals surface area (Å²) in [4.78, 5) is 15.9. The molecule has 102 valence electrons. The van der Waals surface area contributed by atoms with E-state index in [-0.39, 0.29) is 11.3 Å². The number of rotatable bonds is 3. The molecule has 5 heteroatoms. The zero-order valence-corrected chi connectivity index (χ0v) is 11.3. The number of hydrogen-bond donors (Lipinski definition) is 2. The second-order valence-corrected chi connectivity index (χ2v) is 4.35. The van der Waals surface area contributed by atoms with E-state index >= 15 is 0 Å². The van der Waals surface area contributed by atoms with Crippen LogP contribution in [0.3, 0.4) is 0 Å². The summed E-state index contributed by atoms with van der Waals surface area (Å²) in [7, 11) is 0. The summed E-state index contributed by atoms with van der Waals surface area (Å²) < 4.78 is 0. The highest BCUT2D eigenvalue weighted by atomic mass is 16.3. The lowest BCUT2D eigenvalue weighted by molar-refractivity contribution is 0.0952. The van der Waals surface area contributed by atoms with Crippen LogP contribution in [-0.4, -0.2) is 21.7 Å². The van der Waals surface area contributed by atoms with Crippen LogP contribution in [0.1, 0.15) is 28.4 Å². The van der Waals surface area contributed by atoms with Crippen LogP contribution in [0.15, 0.2) is 47.8 Å². The summed E-state index contributed by atoms with van der Waals surface area (Å²) in [6.45, 7) is 3.52. The summed E-state index contributed by atoms with van der Waals surface area (Å²) in [6, 6.07) is 8.60. The van der Waals surface area contributed by atoms with Gasteiger partial charge in [-0.1, -0.05) is 12.1 Å². The predicted octanol–water partition coefficient (Wildman–Crippen LogP) is 2.25. The molecule has 0 saturated heterocycles. The third-order valence-electron chi connectivity index (χ3n) is 2.91. The molecule has 1 amide bonds. The maximum absolute atomic E-state index is 12.0. The van der Waals surface area contributed by atoms with Gasteiger partial charge in [-0.2, -0.15) is 5.10 Å². The van der Waals surface area contributed by atoms with Gasteiger partial charge in [0.25, 0.3) is 5.91 Å². The van der Waals surface area contributed by atoms with E-state index in [0.717, 1.165) is 5.56 Å². The molecule has 1 heterocycles. The summed E-state index contributed by atoms with van der Waals surface area (Å²) in [5, 5.41) is 13.9. The lowest BCUT2D eigenvalue weighted by Crippen LogP contribution is -2.19. The van der Waals surface area contributed by atoms with Gasteiger partial charge < -0.3 is 5.11 Å². The number of hydrogen-bond acceptors (Lipinski definition) is 4. The highest BCUT2D eigenvalue weighted by Gasteiger charge is 2.11. The highest BCUT2D eigenvalue weighted by molar-refractivity contribution is 6.01. The van der Waals surface area contributed by atoms with Gasteiger partial charge in [0.1, 0.15) is 5.75 Å². The number of nitrogens with zero attached hydrogens (tertiary/aromatic N) is 2. The quantitative estimate of drug-likeness (QED) is 0.663. The van der Waals surface area contributed by atoms with Crippen LogP contribution in [0.5, 0.6) is 5.75 Å². The van der Waals surface area contributed by atoms with E-state index in [4.69, 9.17) is 0 Å². The summed E-state index contributed by atoms with van der Waals surface area (Å²) in [6.07, 6.45) is 3.31. The van der Waals surface area contributed by atoms with Gasteiger partial charge in [0.2, 0.25) is 0 Å². The number of phenolic OH excluding ortho intramolecular Hbond substituents is 1. The van der Waals surface area contributed by atoms with Crippen molar-refractivity contribution in [2.45, 2.75) is 13.8 Å². The minimum absolute atomic E-state index is 0.0261. The second-order valence-electron chi connectivity index (χ2n) is 4.35. The van der Waals surface area contributed by atoms with Crippen molar-refractivity contribution >= 4 is 11.6 Å². The van der Waals surface area contributed by atoms with Crippen molar-refractivity contribution in [1.82, 2.24) is 10.4 Å². The molecule has 0 aliphatic heterocycles. The monoisotopic (exact) mass is 269 g/mol. The van der Waals surface area contributed by atoms with Crippen molar-refractivity contribution < 1.29 is 9.90 Å². The molecule has 0 bridgehead atoms. The van der Waals surface area contributed by atoms with Crippen molar-refractivity contribution in [1.29, 1.82) is 0 Å². The Morgan fingerprint density at radius 3 is 2.65 bits per heavy atom. The van der Waals surface area contributed by atoms with Gasteiger partial charge in [0, 0.05) is 18.0 Å². The Balaban J connectivity index is 2.15. The number of nitrogens with one attached hydrogen (secondary N) is 1. The summed E-state index contributed by atoms with van der Waals surface area (Å²) in [5.41, 5.74) is 4.81. The Kier molecular flexibility index (Phi) is 4.10. The molecule has 0 aliphatic rings. The van der Waals surface area contributed by atoms with Gasteiger partial charge in [-0.15, -0.1) is 0 Å². The zero-order valence-electron chi connectivity index (χ0n) is 11.3. The van der Waals surface area contributed by atoms with Crippen LogP contribution in [0, 0.1) is 6.92 Å². The molecule has 2 N–H and O–H groups in total. The van der Waals surface area contributed by atoms with Crippen molar-refractivity contribution in [3.8, 4) is 5.75 Å². The number of pyridine rings is 1. The molecule has 2 aromatic rings. The van der Waals surface area contributed by atoms with Crippen LogP contribution in [-0.2, 0) is 0 Å². The standard InChI is InChI=1S/C15H15N3O2/c1-10-4-3-5-13(14(10)19)15(20)18-17-11(2)12-6-8-16-9-7-12/h3-9,19H,1-2H3,(H,18,20). The largest absolute Gasteiger partial charge is 0.507 e. The molecule has 2 rings (SSSR count). The lowest BCUT2D eigenvalue weighted by Gasteiger charge is -2.06. The molecule has 5 nitrogen and oxygen atoms in total. The normalized spacial score (nSPS) is 11.2. The number of aromatic hydroxyl groups is 1. The molecule has 20 heavy (non-hydrogen) atoms. The van der Waals surface area contributed by atoms with Crippen LogP contribution < -0.4 is 5.43 Å². The molecule has 0 saturated carbocycles. The SMILES string of the molecule is CC(=NNC(=O)c1cccc(C)c1O)c1ccncc1. The number of carbonyl (C=O) groups is 1. The average molecular weight is 269 g/mol. The van der Waals surface area contributed by atoms with Crippen molar-refractivity contribution in [3.05, 3.63) is 59.4 Å². The van der Waals surface area contributed by atoms with E-state index < -0.39 is 5.91 Å². The smallest absolute Gasteiger partial charge is 0.275 e. The van der Waals surface area contributed by atoms with Gasteiger partial charge in [-0.3, -0.25) is 9.78 Å². The average Bonchev–Trinajstić information content (AvgIpc) is 2.48. The Bertz CT molecular complexity index is 651. The van der Waals surface area contributed by atoms with E-state index in [1.54, 1.807) is 56.6 Å². The highest BCUT2D eigenvalue weighted by Crippen LogP contribution is 2.20. The molecule has 0 fully saturated rings. The summed E-state index contributed by atoms with van der Waals surface area (Å²) in [5.74, 6) is -0.471. The molecule has 0 atom stereocenters. The van der Waals surface area contributed by atoms with E-state index in [1.807, 2.05) is 0 Å². The lowest BCUT2D eigenvalue weighted by atomic mass is 10.1. The van der Waals surface area contributed by atoms with Gasteiger partial charge in [0.15, 0.2) is 0 Å². The minimum Gasteiger partial charge on any atom is -0.507 e. The number of hydrazone groups is 1. The van der Waals surface area contributed by atoms with Gasteiger partial charge in [-0.25, -0.2) is 5.43 Å². The van der Waals surface area contributed by atoms with E-state index in [9.17, 15) is 9.90 Å².